The molecular formula is C27H35N7O5S. The van der Waals surface area contributed by atoms with Crippen LogP contribution in [0.5, 0.6) is 0 Å². The summed E-state index contributed by atoms with van der Waals surface area (Å²) in [5, 5.41) is 22.0. The van der Waals surface area contributed by atoms with Crippen LogP contribution in [-0.2, 0) is 32.0 Å². The van der Waals surface area contributed by atoms with Crippen LogP contribution >= 0.6 is 11.8 Å². The fourth-order valence-electron chi connectivity index (χ4n) is 4.78. The zero-order valence-electron chi connectivity index (χ0n) is 22.2. The molecule has 4 rings (SSSR count). The lowest BCUT2D eigenvalue weighted by Gasteiger charge is -2.25. The summed E-state index contributed by atoms with van der Waals surface area (Å²) in [6.07, 6.45) is 8.68. The van der Waals surface area contributed by atoms with Gasteiger partial charge in [-0.25, -0.2) is 9.78 Å². The van der Waals surface area contributed by atoms with E-state index in [2.05, 4.69) is 36.2 Å². The van der Waals surface area contributed by atoms with Crippen molar-refractivity contribution in [3.05, 3.63) is 54.2 Å². The second kappa shape index (κ2) is 14.0. The van der Waals surface area contributed by atoms with Crippen LogP contribution in [-0.4, -0.2) is 86.5 Å². The Morgan fingerprint density at radius 1 is 1.05 bits per heavy atom. The Balaban J connectivity index is 1.51. The van der Waals surface area contributed by atoms with Crippen LogP contribution in [0.2, 0.25) is 0 Å². The SMILES string of the molecule is CSCCC(NC(=O)C(Cc1c[nH]c2ccccc12)NC(=O)C1CCCN1)C(=O)NC(Cc1cnc[nH]1)C(=O)O. The summed E-state index contributed by atoms with van der Waals surface area (Å²) in [7, 11) is 0. The molecule has 40 heavy (non-hydrogen) atoms. The summed E-state index contributed by atoms with van der Waals surface area (Å²) in [6.45, 7) is 0.734. The quantitative estimate of drug-likeness (QED) is 0.148. The molecule has 7 N–H and O–H groups in total. The Kier molecular flexibility index (Phi) is 10.2. The van der Waals surface area contributed by atoms with Gasteiger partial charge in [0.05, 0.1) is 12.4 Å². The Morgan fingerprint density at radius 3 is 2.52 bits per heavy atom. The molecule has 214 valence electrons. The largest absolute Gasteiger partial charge is 0.480 e. The number of carbonyl (C=O) groups excluding carboxylic acids is 3. The molecule has 3 aromatic rings. The number of fused-ring (bicyclic) bond motifs is 1. The van der Waals surface area contributed by atoms with Crippen LogP contribution in [0, 0.1) is 0 Å². The highest BCUT2D eigenvalue weighted by molar-refractivity contribution is 7.98. The van der Waals surface area contributed by atoms with Gasteiger partial charge in [-0.1, -0.05) is 18.2 Å². The number of aromatic amines is 2. The molecule has 0 bridgehead atoms. The van der Waals surface area contributed by atoms with Crippen molar-refractivity contribution in [1.29, 1.82) is 0 Å². The van der Waals surface area contributed by atoms with Gasteiger partial charge in [-0.3, -0.25) is 14.4 Å². The van der Waals surface area contributed by atoms with E-state index in [0.29, 0.717) is 17.9 Å². The van der Waals surface area contributed by atoms with Crippen LogP contribution in [0.3, 0.4) is 0 Å². The first-order chi connectivity index (χ1) is 19.4. The molecule has 2 aromatic heterocycles. The van der Waals surface area contributed by atoms with Crippen molar-refractivity contribution in [2.24, 2.45) is 0 Å². The molecule has 1 saturated heterocycles. The zero-order chi connectivity index (χ0) is 28.5. The summed E-state index contributed by atoms with van der Waals surface area (Å²) in [5.41, 5.74) is 2.32. The van der Waals surface area contributed by atoms with Crippen molar-refractivity contribution in [3.63, 3.8) is 0 Å². The standard InChI is InChI=1S/C27H35N7O5S/c1-40-10-8-21(25(36)34-23(27(38)39)12-17-14-28-15-31-17)32-26(37)22(33-24(35)20-7-4-9-29-20)11-16-13-30-19-6-3-2-5-18(16)19/h2-3,5-6,13-15,20-23,29-30H,4,7-12H2,1H3,(H,28,31)(H,32,37)(H,33,35)(H,34,36)(H,38,39). The summed E-state index contributed by atoms with van der Waals surface area (Å²) in [6, 6.07) is 4.16. The molecule has 1 aliphatic heterocycles. The van der Waals surface area contributed by atoms with Crippen molar-refractivity contribution in [1.82, 2.24) is 36.2 Å². The number of aromatic nitrogens is 3. The molecule has 3 heterocycles. The molecule has 0 saturated carbocycles. The van der Waals surface area contributed by atoms with Gasteiger partial charge in [0.15, 0.2) is 0 Å². The fraction of sp³-hybridized carbons (Fsp3) is 0.444. The van der Waals surface area contributed by atoms with E-state index in [9.17, 15) is 24.3 Å². The van der Waals surface area contributed by atoms with Crippen molar-refractivity contribution in [2.45, 2.75) is 56.3 Å². The van der Waals surface area contributed by atoms with Crippen molar-refractivity contribution in [2.75, 3.05) is 18.6 Å². The van der Waals surface area contributed by atoms with Gasteiger partial charge in [0.2, 0.25) is 17.7 Å². The van der Waals surface area contributed by atoms with Gasteiger partial charge < -0.3 is 36.3 Å². The van der Waals surface area contributed by atoms with Crippen molar-refractivity contribution in [3.8, 4) is 0 Å². The first-order valence-corrected chi connectivity index (χ1v) is 14.6. The fourth-order valence-corrected chi connectivity index (χ4v) is 5.25. The third kappa shape index (κ3) is 7.63. The second-order valence-corrected chi connectivity index (χ2v) is 10.8. The minimum absolute atomic E-state index is 0.0118. The molecule has 0 aliphatic carbocycles. The number of imidazole rings is 1. The van der Waals surface area contributed by atoms with Gasteiger partial charge in [0.1, 0.15) is 18.1 Å². The van der Waals surface area contributed by atoms with E-state index in [-0.39, 0.29) is 31.2 Å². The van der Waals surface area contributed by atoms with Crippen molar-refractivity contribution >= 4 is 46.4 Å². The Bertz CT molecular complexity index is 1310. The number of carbonyl (C=O) groups is 4. The number of hydrogen-bond acceptors (Lipinski definition) is 7. The molecule has 0 radical (unpaired) electrons. The van der Waals surface area contributed by atoms with E-state index < -0.39 is 35.9 Å². The Morgan fingerprint density at radius 2 is 1.82 bits per heavy atom. The highest BCUT2D eigenvalue weighted by atomic mass is 32.2. The van der Waals surface area contributed by atoms with E-state index in [0.717, 1.165) is 29.4 Å². The highest BCUT2D eigenvalue weighted by Crippen LogP contribution is 2.19. The number of para-hydroxylation sites is 1. The van der Waals surface area contributed by atoms with Crippen LogP contribution < -0.4 is 21.3 Å². The van der Waals surface area contributed by atoms with Gasteiger partial charge in [0.25, 0.3) is 0 Å². The van der Waals surface area contributed by atoms with Crippen LogP contribution in [0.15, 0.2) is 43.0 Å². The average molecular weight is 570 g/mol. The topological polar surface area (TPSA) is 181 Å². The van der Waals surface area contributed by atoms with E-state index in [1.807, 2.05) is 36.7 Å². The number of rotatable bonds is 14. The van der Waals surface area contributed by atoms with Crippen LogP contribution in [0.4, 0.5) is 0 Å². The van der Waals surface area contributed by atoms with Gasteiger partial charge in [-0.05, 0) is 49.4 Å². The van der Waals surface area contributed by atoms with E-state index >= 15 is 0 Å². The lowest BCUT2D eigenvalue weighted by molar-refractivity contribution is -0.142. The summed E-state index contributed by atoms with van der Waals surface area (Å²) < 4.78 is 0. The smallest absolute Gasteiger partial charge is 0.326 e. The summed E-state index contributed by atoms with van der Waals surface area (Å²) in [4.78, 5) is 61.7. The molecule has 0 spiro atoms. The second-order valence-electron chi connectivity index (χ2n) is 9.80. The van der Waals surface area contributed by atoms with Gasteiger partial charge in [-0.15, -0.1) is 0 Å². The molecule has 13 heteroatoms. The Labute approximate surface area is 235 Å². The molecule has 1 aliphatic rings. The van der Waals surface area contributed by atoms with Crippen LogP contribution in [0.1, 0.15) is 30.5 Å². The molecule has 1 aromatic carbocycles. The maximum Gasteiger partial charge on any atom is 0.326 e. The van der Waals surface area contributed by atoms with Crippen molar-refractivity contribution < 1.29 is 24.3 Å². The summed E-state index contributed by atoms with van der Waals surface area (Å²) in [5.74, 6) is -2.04. The maximum absolute atomic E-state index is 13.6. The zero-order valence-corrected chi connectivity index (χ0v) is 23.1. The molecular weight excluding hydrogens is 534 g/mol. The normalized spacial score (nSPS) is 17.2. The number of thioether (sulfide) groups is 1. The number of carboxylic acids is 1. The molecule has 3 amide bonds. The van der Waals surface area contributed by atoms with Gasteiger partial charge in [0, 0.05) is 41.8 Å². The number of amides is 3. The minimum atomic E-state index is -1.21. The predicted molar refractivity (Wildman–Crippen MR) is 152 cm³/mol. The molecule has 4 unspecified atom stereocenters. The molecule has 12 nitrogen and oxygen atoms in total. The van der Waals surface area contributed by atoms with E-state index in [4.69, 9.17) is 0 Å². The first-order valence-electron chi connectivity index (χ1n) is 13.2. The number of nitrogens with zero attached hydrogens (tertiary/aromatic N) is 1. The van der Waals surface area contributed by atoms with E-state index in [1.54, 1.807) is 0 Å². The number of hydrogen-bond donors (Lipinski definition) is 7. The lowest BCUT2D eigenvalue weighted by atomic mass is 10.0. The van der Waals surface area contributed by atoms with Gasteiger partial charge >= 0.3 is 5.97 Å². The lowest BCUT2D eigenvalue weighted by Crippen LogP contribution is -2.57. The van der Waals surface area contributed by atoms with E-state index in [1.165, 1.54) is 24.3 Å². The monoisotopic (exact) mass is 569 g/mol. The third-order valence-corrected chi connectivity index (χ3v) is 7.59. The third-order valence-electron chi connectivity index (χ3n) is 6.95. The number of benzene rings is 1. The minimum Gasteiger partial charge on any atom is -0.480 e. The Hall–Kier alpha value is -3.84. The molecule has 1 fully saturated rings. The number of aliphatic carboxylic acids is 1. The number of nitrogens with one attached hydrogen (secondary N) is 6. The summed E-state index contributed by atoms with van der Waals surface area (Å²) >= 11 is 1.50. The van der Waals surface area contributed by atoms with Gasteiger partial charge in [-0.2, -0.15) is 11.8 Å². The maximum atomic E-state index is 13.6. The molecule has 4 atom stereocenters. The number of carboxylic acid groups (broad SMARTS) is 1. The highest BCUT2D eigenvalue weighted by Gasteiger charge is 2.32. The predicted octanol–water partition coefficient (Wildman–Crippen LogP) is 0.720. The number of H-pyrrole nitrogens is 2. The average Bonchev–Trinajstić information content (AvgIpc) is 3.73. The first kappa shape index (κ1) is 29.2. The van der Waals surface area contributed by atoms with Crippen LogP contribution in [0.25, 0.3) is 10.9 Å².